The molecule has 0 fully saturated rings. The van der Waals surface area contributed by atoms with Gasteiger partial charge in [0, 0.05) is 30.3 Å². The molecule has 4 aromatic rings. The summed E-state index contributed by atoms with van der Waals surface area (Å²) in [5, 5.41) is 11.1. The number of pyridine rings is 1. The van der Waals surface area contributed by atoms with E-state index in [2.05, 4.69) is 12.1 Å². The van der Waals surface area contributed by atoms with Crippen LogP contribution in [0, 0.1) is 10.1 Å². The van der Waals surface area contributed by atoms with Gasteiger partial charge >= 0.3 is 0 Å². The Balaban J connectivity index is 1.90. The molecule has 2 aromatic carbocycles. The van der Waals surface area contributed by atoms with E-state index < -0.39 is 0 Å². The van der Waals surface area contributed by atoms with Gasteiger partial charge in [0.25, 0.3) is 5.69 Å². The number of imidazole rings is 1. The Bertz CT molecular complexity index is 1050. The Morgan fingerprint density at radius 2 is 1.76 bits per heavy atom. The molecule has 0 aliphatic heterocycles. The van der Waals surface area contributed by atoms with E-state index in [0.29, 0.717) is 6.42 Å². The molecule has 5 heteroatoms. The third-order valence-electron chi connectivity index (χ3n) is 4.17. The minimum absolute atomic E-state index is 0.0696. The third-order valence-corrected chi connectivity index (χ3v) is 4.17. The normalized spacial score (nSPS) is 10.9. The minimum atomic E-state index is -0.379. The monoisotopic (exact) mass is 329 g/mol. The molecule has 25 heavy (non-hydrogen) atoms. The number of non-ortho nitro benzene ring substituents is 1. The highest BCUT2D eigenvalue weighted by molar-refractivity contribution is 5.69. The zero-order valence-electron chi connectivity index (χ0n) is 13.4. The molecule has 0 unspecified atom stereocenters. The average molecular weight is 329 g/mol. The second-order valence-corrected chi connectivity index (χ2v) is 5.81. The van der Waals surface area contributed by atoms with Gasteiger partial charge < -0.3 is 4.40 Å². The Labute approximate surface area is 144 Å². The molecule has 0 amide bonds. The maximum absolute atomic E-state index is 11.1. The fourth-order valence-corrected chi connectivity index (χ4v) is 3.00. The molecule has 0 saturated carbocycles. The van der Waals surface area contributed by atoms with Crippen molar-refractivity contribution in [3.05, 3.63) is 100 Å². The highest BCUT2D eigenvalue weighted by atomic mass is 16.6. The SMILES string of the molecule is O=[N+]([O-])c1cccc(-c2nc3ccccn3c2Cc2ccccc2)c1. The van der Waals surface area contributed by atoms with Crippen LogP contribution in [-0.4, -0.2) is 14.3 Å². The molecule has 4 rings (SSSR count). The Kier molecular flexibility index (Phi) is 3.74. The standard InChI is InChI=1S/C20H15N3O2/c24-23(25)17-10-6-9-16(14-17)20-18(13-15-7-2-1-3-8-15)22-12-5-4-11-19(22)21-20/h1-12,14H,13H2. The maximum atomic E-state index is 11.1. The van der Waals surface area contributed by atoms with E-state index in [4.69, 9.17) is 4.98 Å². The fraction of sp³-hybridized carbons (Fsp3) is 0.0500. The number of rotatable bonds is 4. The highest BCUT2D eigenvalue weighted by Crippen LogP contribution is 2.29. The van der Waals surface area contributed by atoms with E-state index in [1.54, 1.807) is 12.1 Å². The quantitative estimate of drug-likeness (QED) is 0.409. The van der Waals surface area contributed by atoms with Crippen molar-refractivity contribution in [2.24, 2.45) is 0 Å². The Hall–Kier alpha value is -3.47. The van der Waals surface area contributed by atoms with Gasteiger partial charge in [-0.05, 0) is 17.7 Å². The summed E-state index contributed by atoms with van der Waals surface area (Å²) in [6.07, 6.45) is 2.67. The second kappa shape index (κ2) is 6.20. The number of nitrogens with zero attached hydrogens (tertiary/aromatic N) is 3. The molecule has 2 aromatic heterocycles. The molecule has 122 valence electrons. The number of hydrogen-bond donors (Lipinski definition) is 0. The molecule has 0 bridgehead atoms. The minimum Gasteiger partial charge on any atom is -0.303 e. The number of nitro groups is 1. The van der Waals surface area contributed by atoms with Gasteiger partial charge in [0.2, 0.25) is 0 Å². The lowest BCUT2D eigenvalue weighted by molar-refractivity contribution is -0.384. The molecule has 0 aliphatic rings. The molecule has 2 heterocycles. The number of fused-ring (bicyclic) bond motifs is 1. The molecule has 0 aliphatic carbocycles. The van der Waals surface area contributed by atoms with Gasteiger partial charge in [-0.3, -0.25) is 10.1 Å². The maximum Gasteiger partial charge on any atom is 0.270 e. The lowest BCUT2D eigenvalue weighted by Crippen LogP contribution is -1.96. The first-order chi connectivity index (χ1) is 12.2. The average Bonchev–Trinajstić information content (AvgIpc) is 3.01. The third kappa shape index (κ3) is 2.87. The first kappa shape index (κ1) is 15.1. The first-order valence-electron chi connectivity index (χ1n) is 7.97. The van der Waals surface area contributed by atoms with Crippen molar-refractivity contribution in [3.63, 3.8) is 0 Å². The molecule has 0 N–H and O–H groups in total. The molecule has 0 spiro atoms. The molecule has 0 saturated heterocycles. The van der Waals surface area contributed by atoms with Crippen LogP contribution in [0.1, 0.15) is 11.3 Å². The van der Waals surface area contributed by atoms with Crippen LogP contribution >= 0.6 is 0 Å². The van der Waals surface area contributed by atoms with E-state index in [-0.39, 0.29) is 10.6 Å². The summed E-state index contributed by atoms with van der Waals surface area (Å²) in [5.74, 6) is 0. The van der Waals surface area contributed by atoms with Crippen LogP contribution in [-0.2, 0) is 6.42 Å². The van der Waals surface area contributed by atoms with E-state index in [1.807, 2.05) is 53.1 Å². The summed E-state index contributed by atoms with van der Waals surface area (Å²) >= 11 is 0. The molecule has 5 nitrogen and oxygen atoms in total. The molecular formula is C20H15N3O2. The summed E-state index contributed by atoms with van der Waals surface area (Å²) in [6.45, 7) is 0. The van der Waals surface area contributed by atoms with Gasteiger partial charge in [-0.2, -0.15) is 0 Å². The van der Waals surface area contributed by atoms with Crippen molar-refractivity contribution in [1.82, 2.24) is 9.38 Å². The zero-order valence-corrected chi connectivity index (χ0v) is 13.4. The Morgan fingerprint density at radius 1 is 0.960 bits per heavy atom. The lowest BCUT2D eigenvalue weighted by atomic mass is 10.0. The number of nitro benzene ring substituents is 1. The van der Waals surface area contributed by atoms with Crippen LogP contribution in [0.4, 0.5) is 5.69 Å². The van der Waals surface area contributed by atoms with Gasteiger partial charge in [-0.25, -0.2) is 4.98 Å². The van der Waals surface area contributed by atoms with Crippen LogP contribution in [0.3, 0.4) is 0 Å². The van der Waals surface area contributed by atoms with Gasteiger partial charge in [0.15, 0.2) is 0 Å². The lowest BCUT2D eigenvalue weighted by Gasteiger charge is -2.06. The molecule has 0 atom stereocenters. The van der Waals surface area contributed by atoms with Crippen molar-refractivity contribution in [3.8, 4) is 11.3 Å². The van der Waals surface area contributed by atoms with Gasteiger partial charge in [0.05, 0.1) is 16.3 Å². The van der Waals surface area contributed by atoms with Crippen molar-refractivity contribution < 1.29 is 4.92 Å². The van der Waals surface area contributed by atoms with Gasteiger partial charge in [0.1, 0.15) is 5.65 Å². The van der Waals surface area contributed by atoms with Crippen LogP contribution in [0.5, 0.6) is 0 Å². The van der Waals surface area contributed by atoms with Crippen LogP contribution < -0.4 is 0 Å². The van der Waals surface area contributed by atoms with E-state index in [0.717, 1.165) is 22.6 Å². The van der Waals surface area contributed by atoms with Gasteiger partial charge in [-0.1, -0.05) is 48.5 Å². The fourth-order valence-electron chi connectivity index (χ4n) is 3.00. The summed E-state index contributed by atoms with van der Waals surface area (Å²) in [5.41, 5.74) is 4.61. The first-order valence-corrected chi connectivity index (χ1v) is 7.97. The van der Waals surface area contributed by atoms with Crippen molar-refractivity contribution in [1.29, 1.82) is 0 Å². The zero-order chi connectivity index (χ0) is 17.2. The largest absolute Gasteiger partial charge is 0.303 e. The van der Waals surface area contributed by atoms with Crippen molar-refractivity contribution >= 4 is 11.3 Å². The van der Waals surface area contributed by atoms with E-state index in [1.165, 1.54) is 11.6 Å². The molecular weight excluding hydrogens is 314 g/mol. The van der Waals surface area contributed by atoms with Crippen LogP contribution in [0.15, 0.2) is 79.0 Å². The van der Waals surface area contributed by atoms with E-state index in [9.17, 15) is 10.1 Å². The number of benzene rings is 2. The summed E-state index contributed by atoms with van der Waals surface area (Å²) < 4.78 is 2.04. The number of hydrogen-bond acceptors (Lipinski definition) is 3. The number of aromatic nitrogens is 2. The summed E-state index contributed by atoms with van der Waals surface area (Å²) in [7, 11) is 0. The topological polar surface area (TPSA) is 60.4 Å². The van der Waals surface area contributed by atoms with Crippen molar-refractivity contribution in [2.45, 2.75) is 6.42 Å². The smallest absolute Gasteiger partial charge is 0.270 e. The van der Waals surface area contributed by atoms with Gasteiger partial charge in [-0.15, -0.1) is 0 Å². The van der Waals surface area contributed by atoms with Crippen LogP contribution in [0.2, 0.25) is 0 Å². The summed E-state index contributed by atoms with van der Waals surface area (Å²) in [6, 6.07) is 22.6. The summed E-state index contributed by atoms with van der Waals surface area (Å²) in [4.78, 5) is 15.5. The van der Waals surface area contributed by atoms with E-state index >= 15 is 0 Å². The van der Waals surface area contributed by atoms with Crippen LogP contribution in [0.25, 0.3) is 16.9 Å². The van der Waals surface area contributed by atoms with Crippen molar-refractivity contribution in [2.75, 3.05) is 0 Å². The highest BCUT2D eigenvalue weighted by Gasteiger charge is 2.16. The predicted molar refractivity (Wildman–Crippen MR) is 96.5 cm³/mol. The predicted octanol–water partition coefficient (Wildman–Crippen LogP) is 4.50. The Morgan fingerprint density at radius 3 is 2.56 bits per heavy atom. The molecule has 0 radical (unpaired) electrons. The second-order valence-electron chi connectivity index (χ2n) is 5.81.